The van der Waals surface area contributed by atoms with E-state index in [1.807, 2.05) is 6.07 Å². The van der Waals surface area contributed by atoms with Gasteiger partial charge in [-0.05, 0) is 132 Å². The van der Waals surface area contributed by atoms with Crippen LogP contribution in [0.25, 0.3) is 76.5 Å². The first kappa shape index (κ1) is 25.3. The molecule has 0 radical (unpaired) electrons. The number of ether oxygens (including phenoxy) is 1. The number of hydrogen-bond donors (Lipinski definition) is 0. The van der Waals surface area contributed by atoms with Crippen molar-refractivity contribution in [2.45, 2.75) is 6.92 Å². The molecule has 0 atom stereocenters. The van der Waals surface area contributed by atoms with E-state index in [0.717, 1.165) is 5.75 Å². The number of methoxy groups -OCH3 is 1. The number of benzene rings is 8. The molecule has 8 rings (SSSR count). The molecule has 0 fully saturated rings. The highest BCUT2D eigenvalue weighted by atomic mass is 16.5. The van der Waals surface area contributed by atoms with Gasteiger partial charge < -0.3 is 4.74 Å². The minimum absolute atomic E-state index is 0.883. The summed E-state index contributed by atoms with van der Waals surface area (Å²) in [6, 6.07) is 53.4. The van der Waals surface area contributed by atoms with Gasteiger partial charge >= 0.3 is 0 Å². The van der Waals surface area contributed by atoms with Crippen molar-refractivity contribution in [3.63, 3.8) is 0 Å². The van der Waals surface area contributed by atoms with Crippen molar-refractivity contribution in [3.05, 3.63) is 151 Å². The zero-order valence-electron chi connectivity index (χ0n) is 24.3. The first-order valence-electron chi connectivity index (χ1n) is 14.8. The van der Waals surface area contributed by atoms with E-state index in [1.165, 1.54) is 82.0 Å². The van der Waals surface area contributed by atoms with Crippen LogP contribution in [0.5, 0.6) is 5.75 Å². The number of hydrogen-bond acceptors (Lipinski definition) is 1. The summed E-state index contributed by atoms with van der Waals surface area (Å²) >= 11 is 0. The van der Waals surface area contributed by atoms with Crippen LogP contribution in [0, 0.1) is 6.92 Å². The molecule has 0 amide bonds. The van der Waals surface area contributed by atoms with E-state index >= 15 is 0 Å². The van der Waals surface area contributed by atoms with Crippen molar-refractivity contribution in [1.82, 2.24) is 0 Å². The maximum Gasteiger partial charge on any atom is 0.119 e. The van der Waals surface area contributed by atoms with Crippen LogP contribution in [0.1, 0.15) is 5.56 Å². The molecule has 0 heterocycles. The monoisotopic (exact) mass is 550 g/mol. The lowest BCUT2D eigenvalue weighted by Crippen LogP contribution is -1.85. The van der Waals surface area contributed by atoms with Crippen LogP contribution in [0.4, 0.5) is 0 Å². The predicted octanol–water partition coefficient (Wildman–Crippen LogP) is 11.6. The summed E-state index contributed by atoms with van der Waals surface area (Å²) in [5.74, 6) is 0.883. The largest absolute Gasteiger partial charge is 0.497 e. The fourth-order valence-electron chi connectivity index (χ4n) is 6.28. The second-order valence-corrected chi connectivity index (χ2v) is 11.5. The second kappa shape index (κ2) is 10.2. The molecule has 1 heteroatoms. The molecule has 0 N–H and O–H groups in total. The Morgan fingerprint density at radius 3 is 0.930 bits per heavy atom. The van der Waals surface area contributed by atoms with E-state index in [-0.39, 0.29) is 0 Å². The van der Waals surface area contributed by atoms with E-state index in [9.17, 15) is 0 Å². The first-order valence-corrected chi connectivity index (χ1v) is 14.8. The molecular formula is C42H30O. The zero-order valence-corrected chi connectivity index (χ0v) is 24.3. The van der Waals surface area contributed by atoms with Crippen molar-refractivity contribution in [1.29, 1.82) is 0 Å². The van der Waals surface area contributed by atoms with Crippen LogP contribution < -0.4 is 4.74 Å². The van der Waals surface area contributed by atoms with Gasteiger partial charge in [-0.2, -0.15) is 0 Å². The summed E-state index contributed by atoms with van der Waals surface area (Å²) in [6.45, 7) is 2.14. The lowest BCUT2D eigenvalue weighted by atomic mass is 9.94. The number of rotatable bonds is 4. The Labute approximate surface area is 251 Å². The summed E-state index contributed by atoms with van der Waals surface area (Å²) in [5, 5.41) is 9.96. The lowest BCUT2D eigenvalue weighted by Gasteiger charge is -2.10. The molecule has 0 aliphatic rings. The summed E-state index contributed by atoms with van der Waals surface area (Å²) in [7, 11) is 1.71. The van der Waals surface area contributed by atoms with E-state index in [4.69, 9.17) is 4.74 Å². The summed E-state index contributed by atoms with van der Waals surface area (Å²) in [5.41, 5.74) is 8.70. The average molecular weight is 551 g/mol. The van der Waals surface area contributed by atoms with Crippen LogP contribution >= 0.6 is 0 Å². The minimum atomic E-state index is 0.883. The zero-order chi connectivity index (χ0) is 28.9. The predicted molar refractivity (Wildman–Crippen MR) is 184 cm³/mol. The molecule has 0 aliphatic carbocycles. The van der Waals surface area contributed by atoms with Gasteiger partial charge in [0.1, 0.15) is 5.75 Å². The Kier molecular flexibility index (Phi) is 5.98. The Morgan fingerprint density at radius 2 is 0.581 bits per heavy atom. The van der Waals surface area contributed by atoms with Gasteiger partial charge in [0.25, 0.3) is 0 Å². The summed E-state index contributed by atoms with van der Waals surface area (Å²) < 4.78 is 5.38. The lowest BCUT2D eigenvalue weighted by molar-refractivity contribution is 0.415. The molecule has 0 spiro atoms. The van der Waals surface area contributed by atoms with Crippen LogP contribution in [-0.2, 0) is 0 Å². The smallest absolute Gasteiger partial charge is 0.119 e. The summed E-state index contributed by atoms with van der Waals surface area (Å²) in [4.78, 5) is 0. The average Bonchev–Trinajstić information content (AvgIpc) is 3.06. The quantitative estimate of drug-likeness (QED) is 0.212. The highest BCUT2D eigenvalue weighted by Crippen LogP contribution is 2.33. The Balaban J connectivity index is 1.09. The molecule has 0 aromatic heterocycles. The maximum absolute atomic E-state index is 5.38. The van der Waals surface area contributed by atoms with Crippen molar-refractivity contribution >= 4 is 43.1 Å². The standard InChI is InChI=1S/C42H30O/c1-27-3-4-29-20-30(6-5-28(29)19-27)31-7-8-33-22-34(10-9-32(33)21-31)35-11-12-37-24-38(14-13-36(37)23-35)39-15-16-41-26-42(43-2)18-17-40(41)25-39/h3-26H,1-2H3. The highest BCUT2D eigenvalue weighted by Gasteiger charge is 2.07. The maximum atomic E-state index is 5.38. The van der Waals surface area contributed by atoms with Gasteiger partial charge in [-0.1, -0.05) is 103 Å². The number of fused-ring (bicyclic) bond motifs is 4. The second-order valence-electron chi connectivity index (χ2n) is 11.5. The molecule has 204 valence electrons. The molecule has 0 saturated carbocycles. The molecule has 8 aromatic rings. The van der Waals surface area contributed by atoms with Crippen molar-refractivity contribution in [2.75, 3.05) is 7.11 Å². The third-order valence-electron chi connectivity index (χ3n) is 8.72. The normalized spacial score (nSPS) is 11.5. The molecule has 0 unspecified atom stereocenters. The van der Waals surface area contributed by atoms with Crippen LogP contribution in [-0.4, -0.2) is 7.11 Å². The fourth-order valence-corrected chi connectivity index (χ4v) is 6.28. The van der Waals surface area contributed by atoms with Gasteiger partial charge in [0.2, 0.25) is 0 Å². The van der Waals surface area contributed by atoms with Gasteiger partial charge in [-0.3, -0.25) is 0 Å². The molecule has 0 aliphatic heterocycles. The molecule has 1 nitrogen and oxygen atoms in total. The first-order chi connectivity index (χ1) is 21.1. The molecule has 43 heavy (non-hydrogen) atoms. The SMILES string of the molecule is COc1ccc2cc(-c3ccc4cc(-c5ccc6cc(-c7ccc8cc(C)ccc8c7)ccc6c5)ccc4c3)ccc2c1. The topological polar surface area (TPSA) is 9.23 Å². The molecule has 0 bridgehead atoms. The molecule has 8 aromatic carbocycles. The van der Waals surface area contributed by atoms with Gasteiger partial charge in [-0.25, -0.2) is 0 Å². The van der Waals surface area contributed by atoms with E-state index < -0.39 is 0 Å². The Bertz CT molecular complexity index is 2340. The van der Waals surface area contributed by atoms with E-state index in [2.05, 4.69) is 146 Å². The summed E-state index contributed by atoms with van der Waals surface area (Å²) in [6.07, 6.45) is 0. The van der Waals surface area contributed by atoms with E-state index in [1.54, 1.807) is 7.11 Å². The molecular weight excluding hydrogens is 520 g/mol. The van der Waals surface area contributed by atoms with Gasteiger partial charge in [0.15, 0.2) is 0 Å². The van der Waals surface area contributed by atoms with Crippen molar-refractivity contribution < 1.29 is 4.74 Å². The van der Waals surface area contributed by atoms with Crippen LogP contribution in [0.3, 0.4) is 0 Å². The highest BCUT2D eigenvalue weighted by molar-refractivity contribution is 5.96. The third kappa shape index (κ3) is 4.70. The van der Waals surface area contributed by atoms with Gasteiger partial charge in [0, 0.05) is 0 Å². The van der Waals surface area contributed by atoms with Crippen LogP contribution in [0.2, 0.25) is 0 Å². The van der Waals surface area contributed by atoms with Crippen molar-refractivity contribution in [3.8, 4) is 39.1 Å². The Morgan fingerprint density at radius 1 is 0.302 bits per heavy atom. The Hall–Kier alpha value is -5.40. The number of aryl methyl sites for hydroxylation is 1. The third-order valence-corrected chi connectivity index (χ3v) is 8.72. The minimum Gasteiger partial charge on any atom is -0.497 e. The fraction of sp³-hybridized carbons (Fsp3) is 0.0476. The van der Waals surface area contributed by atoms with Gasteiger partial charge in [-0.15, -0.1) is 0 Å². The van der Waals surface area contributed by atoms with Crippen molar-refractivity contribution in [2.24, 2.45) is 0 Å². The van der Waals surface area contributed by atoms with Crippen LogP contribution in [0.15, 0.2) is 146 Å². The van der Waals surface area contributed by atoms with Gasteiger partial charge in [0.05, 0.1) is 7.11 Å². The van der Waals surface area contributed by atoms with E-state index in [0.29, 0.717) is 0 Å². The molecule has 0 saturated heterocycles.